The molecule has 1 saturated carbocycles. The summed E-state index contributed by atoms with van der Waals surface area (Å²) >= 11 is 0. The molecule has 13 rings (SSSR count). The van der Waals surface area contributed by atoms with Gasteiger partial charge in [0.05, 0.1) is 11.1 Å². The zero-order valence-electron chi connectivity index (χ0n) is 41.9. The molecule has 74 heavy (non-hydrogen) atoms. The molecule has 11 aromatic rings. The summed E-state index contributed by atoms with van der Waals surface area (Å²) in [5.41, 5.74) is 21.2. The van der Waals surface area contributed by atoms with Gasteiger partial charge in [-0.05, 0) is 158 Å². The van der Waals surface area contributed by atoms with Gasteiger partial charge < -0.3 is 9.80 Å². The maximum Gasteiger partial charge on any atom is 0.0714 e. The topological polar surface area (TPSA) is 6.48 Å². The molecule has 356 valence electrons. The highest BCUT2D eigenvalue weighted by Crippen LogP contribution is 2.58. The molecule has 2 heteroatoms. The molecule has 0 saturated heterocycles. The highest BCUT2D eigenvalue weighted by Gasteiger charge is 2.47. The van der Waals surface area contributed by atoms with E-state index in [4.69, 9.17) is 0 Å². The van der Waals surface area contributed by atoms with Crippen molar-refractivity contribution in [3.63, 3.8) is 0 Å². The summed E-state index contributed by atoms with van der Waals surface area (Å²) < 4.78 is 0. The normalized spacial score (nSPS) is 13.8. The number of aryl methyl sites for hydroxylation is 1. The van der Waals surface area contributed by atoms with E-state index < -0.39 is 5.41 Å². The summed E-state index contributed by atoms with van der Waals surface area (Å²) in [5, 5.41) is 2.42. The quantitative estimate of drug-likeness (QED) is 0.127. The Morgan fingerprint density at radius 2 is 0.905 bits per heavy atom. The zero-order valence-corrected chi connectivity index (χ0v) is 41.9. The summed E-state index contributed by atoms with van der Waals surface area (Å²) in [4.78, 5) is 4.97. The van der Waals surface area contributed by atoms with E-state index in [1.165, 1.54) is 110 Å². The van der Waals surface area contributed by atoms with E-state index in [9.17, 15) is 0 Å². The standard InChI is InChI=1S/C72H58N2/c1-51-21-19-36-67-70(51)66-47-46-64(50-68(66)72(67,58-29-13-5-14-30-58)59-31-15-6-16-32-59)74(69-48-41-56-26-17-18-35-65(56)71(69)57-27-11-4-12-28-57)63-34-20-33-62(49-63)73(60-42-37-54(38-43-60)52-22-7-2-8-23-52)61-44-39-55(40-45-61)53-24-9-3-10-25-53/h2,4-8,11-23,26-50,53H,3,9-10,24-25H2,1H3. The van der Waals surface area contributed by atoms with Crippen molar-refractivity contribution < 1.29 is 0 Å². The van der Waals surface area contributed by atoms with Crippen LogP contribution in [0.1, 0.15) is 71.4 Å². The lowest BCUT2D eigenvalue weighted by Crippen LogP contribution is -2.28. The average Bonchev–Trinajstić information content (AvgIpc) is 3.78. The molecule has 0 radical (unpaired) electrons. The van der Waals surface area contributed by atoms with Crippen LogP contribution in [0.3, 0.4) is 0 Å². The van der Waals surface area contributed by atoms with Crippen LogP contribution in [-0.2, 0) is 5.41 Å². The molecule has 0 aliphatic heterocycles. The fourth-order valence-corrected chi connectivity index (χ4v) is 12.6. The minimum absolute atomic E-state index is 0.569. The molecule has 0 heterocycles. The van der Waals surface area contributed by atoms with Gasteiger partial charge in [-0.15, -0.1) is 0 Å². The molecule has 2 nitrogen and oxygen atoms in total. The van der Waals surface area contributed by atoms with Crippen LogP contribution >= 0.6 is 0 Å². The van der Waals surface area contributed by atoms with Gasteiger partial charge in [0.2, 0.25) is 0 Å². The van der Waals surface area contributed by atoms with Crippen LogP contribution in [0.25, 0.3) is 44.2 Å². The van der Waals surface area contributed by atoms with E-state index in [1.807, 2.05) is 0 Å². The SMILES string of the molecule is Cc1cccc2c1-c1ccc(N(c3cccc(N(c4ccc(-c5ccccc5)cc4)c4ccc(C5CCCCC5)cc4)c3)c3ccc4ccccc4c3-c3ccccc3)cc1C2(c1ccccc1)c1ccccc1. The van der Waals surface area contributed by atoms with Gasteiger partial charge in [0.15, 0.2) is 0 Å². The second-order valence-electron chi connectivity index (χ2n) is 20.3. The second kappa shape index (κ2) is 19.4. The lowest BCUT2D eigenvalue weighted by atomic mass is 9.67. The molecule has 0 unspecified atom stereocenters. The van der Waals surface area contributed by atoms with Gasteiger partial charge in [0.25, 0.3) is 0 Å². The number of nitrogens with zero attached hydrogens (tertiary/aromatic N) is 2. The van der Waals surface area contributed by atoms with E-state index in [-0.39, 0.29) is 0 Å². The molecule has 0 N–H and O–H groups in total. The number of rotatable bonds is 11. The fraction of sp³-hybridized carbons (Fsp3) is 0.111. The Labute approximate surface area is 436 Å². The molecule has 0 amide bonds. The van der Waals surface area contributed by atoms with E-state index in [0.29, 0.717) is 5.92 Å². The maximum absolute atomic E-state index is 2.53. The maximum atomic E-state index is 2.53. The van der Waals surface area contributed by atoms with Crippen molar-refractivity contribution in [1.82, 2.24) is 0 Å². The van der Waals surface area contributed by atoms with Crippen molar-refractivity contribution in [2.45, 2.75) is 50.4 Å². The van der Waals surface area contributed by atoms with Crippen molar-refractivity contribution in [3.05, 3.63) is 300 Å². The third kappa shape index (κ3) is 7.90. The molecule has 0 spiro atoms. The first kappa shape index (κ1) is 45.2. The van der Waals surface area contributed by atoms with Crippen molar-refractivity contribution in [3.8, 4) is 33.4 Å². The minimum Gasteiger partial charge on any atom is -0.310 e. The van der Waals surface area contributed by atoms with E-state index in [0.717, 1.165) is 34.1 Å². The van der Waals surface area contributed by atoms with Gasteiger partial charge in [-0.2, -0.15) is 0 Å². The minimum atomic E-state index is -0.569. The van der Waals surface area contributed by atoms with Crippen molar-refractivity contribution in [2.24, 2.45) is 0 Å². The predicted octanol–water partition coefficient (Wildman–Crippen LogP) is 19.8. The summed E-state index contributed by atoms with van der Waals surface area (Å²) in [5.74, 6) is 0.626. The van der Waals surface area contributed by atoms with Crippen LogP contribution in [0.15, 0.2) is 267 Å². The number of benzene rings is 11. The lowest BCUT2D eigenvalue weighted by Gasteiger charge is -2.35. The summed E-state index contributed by atoms with van der Waals surface area (Å²) in [6.45, 7) is 2.27. The van der Waals surface area contributed by atoms with Crippen molar-refractivity contribution >= 4 is 44.9 Å². The third-order valence-electron chi connectivity index (χ3n) is 16.0. The van der Waals surface area contributed by atoms with Crippen LogP contribution in [0.4, 0.5) is 34.1 Å². The Kier molecular flexibility index (Phi) is 11.8. The Balaban J connectivity index is 1.05. The zero-order chi connectivity index (χ0) is 49.4. The van der Waals surface area contributed by atoms with Crippen LogP contribution in [0.2, 0.25) is 0 Å². The monoisotopic (exact) mass is 950 g/mol. The number of fused-ring (bicyclic) bond motifs is 4. The Bertz CT molecular complexity index is 3710. The van der Waals surface area contributed by atoms with Gasteiger partial charge in [-0.25, -0.2) is 0 Å². The molecule has 1 fully saturated rings. The van der Waals surface area contributed by atoms with Crippen molar-refractivity contribution in [1.29, 1.82) is 0 Å². The summed E-state index contributed by atoms with van der Waals surface area (Å²) in [6.07, 6.45) is 6.52. The van der Waals surface area contributed by atoms with Crippen LogP contribution in [0, 0.1) is 6.92 Å². The first-order valence-electron chi connectivity index (χ1n) is 26.5. The molecule has 11 aromatic carbocycles. The van der Waals surface area contributed by atoms with E-state index >= 15 is 0 Å². The van der Waals surface area contributed by atoms with Crippen LogP contribution in [0.5, 0.6) is 0 Å². The molecular weight excluding hydrogens is 893 g/mol. The number of hydrogen-bond donors (Lipinski definition) is 0. The highest BCUT2D eigenvalue weighted by molar-refractivity contribution is 6.06. The average molecular weight is 951 g/mol. The predicted molar refractivity (Wildman–Crippen MR) is 312 cm³/mol. The second-order valence-corrected chi connectivity index (χ2v) is 20.3. The molecule has 0 bridgehead atoms. The Morgan fingerprint density at radius 1 is 0.365 bits per heavy atom. The van der Waals surface area contributed by atoms with Crippen LogP contribution < -0.4 is 9.80 Å². The third-order valence-corrected chi connectivity index (χ3v) is 16.0. The molecule has 0 atom stereocenters. The van der Waals surface area contributed by atoms with Crippen molar-refractivity contribution in [2.75, 3.05) is 9.80 Å². The number of anilines is 6. The molecular formula is C72H58N2. The van der Waals surface area contributed by atoms with E-state index in [2.05, 4.69) is 284 Å². The largest absolute Gasteiger partial charge is 0.310 e. The molecule has 2 aliphatic carbocycles. The lowest BCUT2D eigenvalue weighted by molar-refractivity contribution is 0.443. The summed E-state index contributed by atoms with van der Waals surface area (Å²) in [7, 11) is 0. The Morgan fingerprint density at radius 3 is 1.58 bits per heavy atom. The van der Waals surface area contributed by atoms with Crippen LogP contribution in [-0.4, -0.2) is 0 Å². The van der Waals surface area contributed by atoms with Gasteiger partial charge in [0, 0.05) is 34.0 Å². The van der Waals surface area contributed by atoms with Gasteiger partial charge in [-0.3, -0.25) is 0 Å². The smallest absolute Gasteiger partial charge is 0.0714 e. The van der Waals surface area contributed by atoms with Gasteiger partial charge in [-0.1, -0.05) is 226 Å². The first-order chi connectivity index (χ1) is 36.6. The van der Waals surface area contributed by atoms with E-state index in [1.54, 1.807) is 0 Å². The highest BCUT2D eigenvalue weighted by atomic mass is 15.2. The van der Waals surface area contributed by atoms with Gasteiger partial charge in [0.1, 0.15) is 0 Å². The molecule has 0 aromatic heterocycles. The van der Waals surface area contributed by atoms with Gasteiger partial charge >= 0.3 is 0 Å². The summed E-state index contributed by atoms with van der Waals surface area (Å²) in [6, 6.07) is 99.4. The number of hydrogen-bond acceptors (Lipinski definition) is 2. The first-order valence-corrected chi connectivity index (χ1v) is 26.5. The molecule has 2 aliphatic rings. The Hall–Kier alpha value is -8.72. The fourth-order valence-electron chi connectivity index (χ4n) is 12.6.